The summed E-state index contributed by atoms with van der Waals surface area (Å²) in [6, 6.07) is 15.8. The molecule has 113 heavy (non-hydrogen) atoms. The van der Waals surface area contributed by atoms with Gasteiger partial charge in [0.2, 0.25) is 35.4 Å². The first-order valence-electron chi connectivity index (χ1n) is 37.6. The summed E-state index contributed by atoms with van der Waals surface area (Å²) in [6.07, 6.45) is -3.01. The van der Waals surface area contributed by atoms with Crippen LogP contribution >= 0.6 is 0 Å². The van der Waals surface area contributed by atoms with Gasteiger partial charge in [0.1, 0.15) is 35.5 Å². The number of nitrogens with zero attached hydrogens (tertiary/aromatic N) is 7. The molecule has 6 aromatic rings. The number of aromatic nitrogens is 6. The van der Waals surface area contributed by atoms with Crippen molar-refractivity contribution in [2.45, 2.75) is 213 Å². The maximum absolute atomic E-state index is 15.6. The number of carboxylic acids is 1. The van der Waals surface area contributed by atoms with Crippen molar-refractivity contribution in [3.8, 4) is 16.9 Å². The Morgan fingerprint density at radius 1 is 0.690 bits per heavy atom. The summed E-state index contributed by atoms with van der Waals surface area (Å²) in [7, 11) is 0. The maximum Gasteiger partial charge on any atom is 0.305 e. The molecule has 0 unspecified atom stereocenters. The Kier molecular flexibility index (Phi) is 35.4. The molecule has 0 spiro atoms. The third-order valence-corrected chi connectivity index (χ3v) is 19.5. The number of amides is 6. The predicted molar refractivity (Wildman–Crippen MR) is 411 cm³/mol. The lowest BCUT2D eigenvalue weighted by atomic mass is 9.76. The molecule has 0 aliphatic rings. The van der Waals surface area contributed by atoms with Gasteiger partial charge in [-0.3, -0.25) is 57.5 Å². The van der Waals surface area contributed by atoms with Crippen molar-refractivity contribution < 1.29 is 87.1 Å². The molecule has 0 aliphatic heterocycles. The fourth-order valence-corrected chi connectivity index (χ4v) is 13.2. The Labute approximate surface area is 654 Å². The highest BCUT2D eigenvalue weighted by atomic mass is 19.1. The second-order valence-electron chi connectivity index (χ2n) is 29.7. The number of primary amides is 1. The van der Waals surface area contributed by atoms with Gasteiger partial charge in [-0.2, -0.15) is 5.21 Å². The second-order valence-corrected chi connectivity index (χ2v) is 29.7. The Hall–Kier alpha value is -11.3. The molecule has 0 fully saturated rings. The molecule has 10 atom stereocenters. The third kappa shape index (κ3) is 29.1. The number of hydrogen-bond acceptors (Lipinski definition) is 21. The van der Waals surface area contributed by atoms with Crippen LogP contribution in [0.15, 0.2) is 103 Å². The van der Waals surface area contributed by atoms with Crippen molar-refractivity contribution in [3.05, 3.63) is 159 Å². The number of ketones is 5. The van der Waals surface area contributed by atoms with E-state index < -0.39 is 187 Å². The largest absolute Gasteiger partial charge is 0.494 e. The molecule has 0 saturated heterocycles. The number of aliphatic hydroxyl groups excluding tert-OH is 3. The molecule has 608 valence electrons. The lowest BCUT2D eigenvalue weighted by molar-refractivity contribution is -0.142. The lowest BCUT2D eigenvalue weighted by Gasteiger charge is -2.33. The number of aliphatic hydroxyl groups is 3. The molecule has 33 heteroatoms. The molecule has 0 bridgehead atoms. The van der Waals surface area contributed by atoms with Crippen molar-refractivity contribution in [3.63, 3.8) is 0 Å². The predicted octanol–water partition coefficient (Wildman–Crippen LogP) is 5.65. The smallest absolute Gasteiger partial charge is 0.305 e. The summed E-state index contributed by atoms with van der Waals surface area (Å²) in [5.41, 5.74) is 17.9. The number of imidazole rings is 1. The number of azide groups is 1. The van der Waals surface area contributed by atoms with E-state index in [1.165, 1.54) is 45.3 Å². The number of benzene rings is 4. The van der Waals surface area contributed by atoms with Crippen LogP contribution in [-0.4, -0.2) is 184 Å². The molecule has 6 rings (SSSR count). The number of halogens is 1. The highest BCUT2D eigenvalue weighted by molar-refractivity contribution is 6.00. The molecule has 2 aromatic heterocycles. The fourth-order valence-electron chi connectivity index (χ4n) is 13.2. The first kappa shape index (κ1) is 90.6. The van der Waals surface area contributed by atoms with E-state index in [1.54, 1.807) is 18.3 Å². The zero-order chi connectivity index (χ0) is 83.1. The van der Waals surface area contributed by atoms with Crippen LogP contribution in [0.3, 0.4) is 0 Å². The second kappa shape index (κ2) is 44.1. The number of carbonyl (C=O) groups excluding carboxylic acids is 11. The van der Waals surface area contributed by atoms with Crippen LogP contribution in [-0.2, 0) is 96.1 Å². The minimum absolute atomic E-state index is 0.0197. The van der Waals surface area contributed by atoms with Gasteiger partial charge in [-0.25, -0.2) is 9.37 Å². The van der Waals surface area contributed by atoms with Crippen LogP contribution < -0.4 is 37.1 Å². The van der Waals surface area contributed by atoms with Crippen LogP contribution in [0, 0.1) is 42.3 Å². The van der Waals surface area contributed by atoms with Gasteiger partial charge in [0.15, 0.2) is 29.0 Å². The highest BCUT2D eigenvalue weighted by Crippen LogP contribution is 2.33. The normalized spacial score (nSPS) is 14.3. The van der Waals surface area contributed by atoms with Crippen LogP contribution in [0.5, 0.6) is 5.75 Å². The van der Waals surface area contributed by atoms with Gasteiger partial charge in [0.05, 0.1) is 67.0 Å². The first-order valence-corrected chi connectivity index (χ1v) is 37.6. The van der Waals surface area contributed by atoms with Gasteiger partial charge in [-0.15, -0.1) is 10.2 Å². The number of ether oxygens (including phenoxy) is 1. The van der Waals surface area contributed by atoms with Crippen molar-refractivity contribution in [1.82, 2.24) is 57.2 Å². The summed E-state index contributed by atoms with van der Waals surface area (Å²) in [5, 5.41) is 72.6. The van der Waals surface area contributed by atoms with E-state index in [-0.39, 0.29) is 49.3 Å². The quantitative estimate of drug-likeness (QED) is 0.00949. The topological polar surface area (TPSA) is 513 Å². The number of nitrogens with two attached hydrogens (primary N) is 1. The molecule has 6 amide bonds. The number of nitrogens with one attached hydrogen (secondary N) is 7. The number of Topliss-reactive ketones (excluding diaryl/α,β-unsaturated/α-hetero) is 5. The van der Waals surface area contributed by atoms with Crippen LogP contribution in [0.25, 0.3) is 21.6 Å². The summed E-state index contributed by atoms with van der Waals surface area (Å²) in [5.74, 6) is -14.6. The van der Waals surface area contributed by atoms with Crippen molar-refractivity contribution in [2.75, 3.05) is 19.8 Å². The van der Waals surface area contributed by atoms with Gasteiger partial charge < -0.3 is 62.5 Å². The number of carbonyl (C=O) groups is 12. The van der Waals surface area contributed by atoms with E-state index in [0.717, 1.165) is 59.0 Å². The summed E-state index contributed by atoms with van der Waals surface area (Å²) in [6.45, 7) is 12.0. The lowest BCUT2D eigenvalue weighted by Crippen LogP contribution is -2.55. The fraction of sp³-hybridized carbons (Fsp3) is 0.500. The van der Waals surface area contributed by atoms with Crippen LogP contribution in [0.1, 0.15) is 163 Å². The average molecular weight is 1570 g/mol. The number of tetrazole rings is 1. The van der Waals surface area contributed by atoms with Crippen molar-refractivity contribution in [1.29, 1.82) is 0 Å². The minimum Gasteiger partial charge on any atom is -0.494 e. The summed E-state index contributed by atoms with van der Waals surface area (Å²) >= 11 is 0. The van der Waals surface area contributed by atoms with E-state index in [4.69, 9.17) is 16.0 Å². The molecule has 2 heterocycles. The van der Waals surface area contributed by atoms with E-state index >= 15 is 4.39 Å². The molecule has 4 aromatic carbocycles. The molecule has 0 aliphatic carbocycles. The van der Waals surface area contributed by atoms with E-state index in [9.17, 15) is 78.0 Å². The zero-order valence-corrected chi connectivity index (χ0v) is 65.0. The van der Waals surface area contributed by atoms with Gasteiger partial charge in [0, 0.05) is 80.6 Å². The van der Waals surface area contributed by atoms with Gasteiger partial charge in [-0.05, 0) is 143 Å². The number of aromatic amines is 2. The number of aliphatic carboxylic acids is 1. The van der Waals surface area contributed by atoms with Crippen LogP contribution in [0.2, 0.25) is 0 Å². The Bertz CT molecular complexity index is 4300. The molecule has 32 nitrogen and oxygen atoms in total. The van der Waals surface area contributed by atoms with E-state index in [1.807, 2.05) is 69.3 Å². The third-order valence-electron chi connectivity index (χ3n) is 19.5. The minimum atomic E-state index is -2.10. The first-order chi connectivity index (χ1) is 53.6. The number of aryl methyl sites for hydroxylation is 5. The highest BCUT2D eigenvalue weighted by Gasteiger charge is 2.43. The number of carboxylic acid groups (broad SMARTS) is 1. The Balaban J connectivity index is 1.17. The number of hydrogen-bond donors (Lipinski definition) is 12. The van der Waals surface area contributed by atoms with Crippen molar-refractivity contribution >= 4 is 70.3 Å². The van der Waals surface area contributed by atoms with Gasteiger partial charge in [-0.1, -0.05) is 116 Å². The summed E-state index contributed by atoms with van der Waals surface area (Å²) < 4.78 is 21.5. The zero-order valence-electron chi connectivity index (χ0n) is 65.0. The standard InChI is InChI=1S/C80H104FN15O17/c1-9-52-35-59(113-30-13-12-29-86-94-83)25-26-60(52)53-21-19-50(20-22-53)34-55(75(109)87-62(74(82)108)18-14-15-51-32-46(2)31-47(3)33-51)36-66(102)64(39-71(106)107)88-76(110)56(44-97)37-67(103)72(48(4)98)91-78(112)80(8,40-54-16-10-11-17-61(54)81)42-68(104)73(49(5)99)90-70(105)28-27-65(101)63(38-69-92-95-96-93-69)89-77(111)79(6,7)41-58(100)24-23-57-43-84-45-85-57/h10-11,16-17,19-22,25-26,31-33,35,43,45,48-49,55-56,62-64,72-73,97-99H,9,12-15,18,23-24,27-30,34,36-42,44H2,1-8H3,(H2,82,108)(H,84,85)(H,87,109)(H,88,110)(H,89,111)(H,90,105)(H,91,112)(H,106,107)(H,92,93,95,96)/t48-,49-,55-,56+,62+,63+,64+,72+,73+,80-/m1/s1. The van der Waals surface area contributed by atoms with E-state index in [2.05, 4.69) is 67.2 Å². The van der Waals surface area contributed by atoms with Gasteiger partial charge >= 0.3 is 5.97 Å². The van der Waals surface area contributed by atoms with Gasteiger partial charge in [0.25, 0.3) is 0 Å². The molecule has 13 N–H and O–H groups in total. The SMILES string of the molecule is CCc1cc(OCCCCN=[N+]=[N-])ccc1-c1ccc(C[C@H](CC(=O)[C@H](CC(=O)O)NC(=O)[C@H](CO)CC(=O)[C@@H](NC(=O)[C@@](C)(CC(=O)[C@@H](NC(=O)CCC(=O)[C@H](Cc2nn[nH]n2)NC(=O)C(C)(C)CC(=O)CCc2cnc[nH]2)[C@@H](C)O)Cc2ccccc2F)[C@@H](C)O)C(=O)N[C@@H](CCCc2cc(C)cc(C)c2)C(N)=O)cc1. The van der Waals surface area contributed by atoms with Crippen LogP contribution in [0.4, 0.5) is 4.39 Å². The molecular formula is C80H104FN15O17. The Morgan fingerprint density at radius 3 is 1.98 bits per heavy atom. The maximum atomic E-state index is 15.6. The number of rotatable bonds is 51. The average Bonchev–Trinajstić information content (AvgIpc) is 1.07. The van der Waals surface area contributed by atoms with E-state index in [0.29, 0.717) is 63.0 Å². The monoisotopic (exact) mass is 1570 g/mol. The van der Waals surface area contributed by atoms with Crippen molar-refractivity contribution in [2.24, 2.45) is 33.5 Å². The molecular weight excluding hydrogens is 1460 g/mol. The number of H-pyrrole nitrogens is 2. The Morgan fingerprint density at radius 2 is 1.36 bits per heavy atom. The number of unbranched alkanes of at least 4 members (excludes halogenated alkanes) is 1. The molecule has 0 saturated carbocycles. The molecule has 0 radical (unpaired) electrons. The summed E-state index contributed by atoms with van der Waals surface area (Å²) in [4.78, 5) is 177.